The van der Waals surface area contributed by atoms with Gasteiger partial charge in [0.05, 0.1) is 0 Å². The van der Waals surface area contributed by atoms with E-state index >= 15 is 0 Å². The maximum atomic E-state index is 2.26. The van der Waals surface area contributed by atoms with E-state index in [1.807, 2.05) is 0 Å². The first-order valence-electron chi connectivity index (χ1n) is 4.08. The molecule has 76 valence electrons. The zero-order chi connectivity index (χ0) is 8.59. The van der Waals surface area contributed by atoms with E-state index in [1.54, 1.807) is 0 Å². The summed E-state index contributed by atoms with van der Waals surface area (Å²) >= 11 is 0. The van der Waals surface area contributed by atoms with E-state index in [1.165, 1.54) is 27.8 Å². The quantitative estimate of drug-likeness (QED) is 0.584. The van der Waals surface area contributed by atoms with Crippen LogP contribution >= 0.6 is 0 Å². The minimum absolute atomic E-state index is 0. The zero-order valence-corrected chi connectivity index (χ0v) is 8.89. The van der Waals surface area contributed by atoms with Crippen molar-refractivity contribution in [1.29, 1.82) is 0 Å². The molecule has 1 aromatic rings. The Balaban J connectivity index is 0. The van der Waals surface area contributed by atoms with Gasteiger partial charge in [0.2, 0.25) is 0 Å². The summed E-state index contributed by atoms with van der Waals surface area (Å²) in [5, 5.41) is 0. The Labute approximate surface area is 78.7 Å². The molecule has 0 radical (unpaired) electrons. The van der Waals surface area contributed by atoms with Gasteiger partial charge >= 0.3 is 0 Å². The van der Waals surface area contributed by atoms with Gasteiger partial charge < -0.3 is 0 Å². The molecule has 2 heteroatoms. The fraction of sp³-hybridized carbons (Fsp3) is 0.455. The van der Waals surface area contributed by atoms with Gasteiger partial charge in [0.1, 0.15) is 0 Å². The maximum Gasteiger partial charge on any atom is -0.0392 e. The van der Waals surface area contributed by atoms with Gasteiger partial charge in [-0.25, -0.2) is 0 Å². The summed E-state index contributed by atoms with van der Waals surface area (Å²) in [5.74, 6) is 0. The van der Waals surface area contributed by atoms with E-state index in [4.69, 9.17) is 0 Å². The standard InChI is InChI=1S/C11H16.2FH/c1-7-6-8(2)10(4)11(5)9(7)3;;/h6H,1-5H3;2*1H. The second-order valence-electron chi connectivity index (χ2n) is 3.39. The van der Waals surface area contributed by atoms with Crippen LogP contribution in [0.5, 0.6) is 0 Å². The first-order chi connectivity index (χ1) is 5.04. The molecule has 1 aromatic carbocycles. The first-order valence-corrected chi connectivity index (χ1v) is 4.08. The SMILES string of the molecule is Cc1cc(C)c(C)c(C)c1C.F.F. The molecule has 13 heavy (non-hydrogen) atoms. The highest BCUT2D eigenvalue weighted by Crippen LogP contribution is 2.19. The van der Waals surface area contributed by atoms with Crippen LogP contribution in [0.4, 0.5) is 9.41 Å². The van der Waals surface area contributed by atoms with E-state index in [-0.39, 0.29) is 9.41 Å². The smallest absolute Gasteiger partial charge is 0.0392 e. The van der Waals surface area contributed by atoms with Crippen molar-refractivity contribution in [3.05, 3.63) is 33.9 Å². The van der Waals surface area contributed by atoms with E-state index < -0.39 is 0 Å². The van der Waals surface area contributed by atoms with Crippen LogP contribution in [-0.4, -0.2) is 0 Å². The highest BCUT2D eigenvalue weighted by Gasteiger charge is 2.02. The molecule has 0 N–H and O–H groups in total. The van der Waals surface area contributed by atoms with Gasteiger partial charge in [0.25, 0.3) is 0 Å². The second kappa shape index (κ2) is 4.95. The van der Waals surface area contributed by atoms with E-state index in [0.717, 1.165) is 0 Å². The monoisotopic (exact) mass is 188 g/mol. The molecule has 0 amide bonds. The minimum Gasteiger partial charge on any atom is -0.269 e. The Morgan fingerprint density at radius 3 is 1.23 bits per heavy atom. The normalized spacial score (nSPS) is 8.69. The third kappa shape index (κ3) is 2.51. The molecule has 0 nitrogen and oxygen atoms in total. The minimum atomic E-state index is 0. The lowest BCUT2D eigenvalue weighted by molar-refractivity contribution is 1.11. The highest BCUT2D eigenvalue weighted by molar-refractivity contribution is 5.42. The van der Waals surface area contributed by atoms with Gasteiger partial charge in [-0.05, 0) is 62.4 Å². The van der Waals surface area contributed by atoms with Crippen molar-refractivity contribution in [1.82, 2.24) is 0 Å². The number of hydrogen-bond acceptors (Lipinski definition) is 0. The molecule has 0 bridgehead atoms. The largest absolute Gasteiger partial charge is 0.269 e. The third-order valence-electron chi connectivity index (χ3n) is 2.74. The Kier molecular flexibility index (Phi) is 5.56. The zero-order valence-electron chi connectivity index (χ0n) is 8.89. The second-order valence-corrected chi connectivity index (χ2v) is 3.39. The maximum absolute atomic E-state index is 2.26. The van der Waals surface area contributed by atoms with Crippen LogP contribution < -0.4 is 0 Å². The van der Waals surface area contributed by atoms with E-state index in [9.17, 15) is 0 Å². The molecule has 0 heterocycles. The number of benzene rings is 1. The predicted octanol–water partition coefficient (Wildman–Crippen LogP) is 3.53. The Morgan fingerprint density at radius 2 is 0.923 bits per heavy atom. The Hall–Kier alpha value is -0.920. The van der Waals surface area contributed by atoms with Crippen molar-refractivity contribution >= 4 is 0 Å². The van der Waals surface area contributed by atoms with E-state index in [2.05, 4.69) is 40.7 Å². The van der Waals surface area contributed by atoms with E-state index in [0.29, 0.717) is 0 Å². The van der Waals surface area contributed by atoms with Gasteiger partial charge in [0, 0.05) is 0 Å². The summed E-state index contributed by atoms with van der Waals surface area (Å²) in [6, 6.07) is 2.26. The van der Waals surface area contributed by atoms with Crippen molar-refractivity contribution in [3.63, 3.8) is 0 Å². The van der Waals surface area contributed by atoms with Gasteiger partial charge in [-0.3, -0.25) is 9.41 Å². The third-order valence-corrected chi connectivity index (χ3v) is 2.74. The molecule has 1 rings (SSSR count). The predicted molar refractivity (Wildman–Crippen MR) is 55.1 cm³/mol. The summed E-state index contributed by atoms with van der Waals surface area (Å²) in [7, 11) is 0. The summed E-state index contributed by atoms with van der Waals surface area (Å²) in [5.41, 5.74) is 7.14. The molecule has 0 aliphatic carbocycles. The van der Waals surface area contributed by atoms with Gasteiger partial charge in [-0.15, -0.1) is 0 Å². The molecule has 0 saturated heterocycles. The number of hydrogen-bond donors (Lipinski definition) is 0. The fourth-order valence-electron chi connectivity index (χ4n) is 1.41. The van der Waals surface area contributed by atoms with Crippen LogP contribution in [0, 0.1) is 34.6 Å². The summed E-state index contributed by atoms with van der Waals surface area (Å²) < 4.78 is 0. The summed E-state index contributed by atoms with van der Waals surface area (Å²) in [6.07, 6.45) is 0. The van der Waals surface area contributed by atoms with Gasteiger partial charge in [-0.2, -0.15) is 0 Å². The molecule has 0 spiro atoms. The molecular weight excluding hydrogens is 170 g/mol. The van der Waals surface area contributed by atoms with Gasteiger partial charge in [-0.1, -0.05) is 6.07 Å². The van der Waals surface area contributed by atoms with Crippen LogP contribution in [0.2, 0.25) is 0 Å². The summed E-state index contributed by atoms with van der Waals surface area (Å²) in [6.45, 7) is 10.9. The van der Waals surface area contributed by atoms with Crippen molar-refractivity contribution in [2.75, 3.05) is 0 Å². The molecule has 0 fully saturated rings. The first kappa shape index (κ1) is 14.6. The molecule has 0 aliphatic heterocycles. The molecule has 0 aromatic heterocycles. The molecular formula is C11H18F2. The average Bonchev–Trinajstić information content (AvgIpc) is 1.97. The lowest BCUT2D eigenvalue weighted by atomic mass is 9.96. The number of rotatable bonds is 0. The molecule has 0 atom stereocenters. The summed E-state index contributed by atoms with van der Waals surface area (Å²) in [4.78, 5) is 0. The van der Waals surface area contributed by atoms with Crippen LogP contribution in [-0.2, 0) is 0 Å². The molecule has 0 aliphatic rings. The van der Waals surface area contributed by atoms with Crippen LogP contribution in [0.25, 0.3) is 0 Å². The van der Waals surface area contributed by atoms with Crippen molar-refractivity contribution in [2.24, 2.45) is 0 Å². The molecule has 0 saturated carbocycles. The highest BCUT2D eigenvalue weighted by atomic mass is 19.0. The van der Waals surface area contributed by atoms with Crippen LogP contribution in [0.3, 0.4) is 0 Å². The Morgan fingerprint density at radius 1 is 0.615 bits per heavy atom. The van der Waals surface area contributed by atoms with Crippen molar-refractivity contribution in [3.8, 4) is 0 Å². The van der Waals surface area contributed by atoms with Crippen molar-refractivity contribution < 1.29 is 9.41 Å². The van der Waals surface area contributed by atoms with Gasteiger partial charge in [0.15, 0.2) is 0 Å². The van der Waals surface area contributed by atoms with Crippen molar-refractivity contribution in [2.45, 2.75) is 34.6 Å². The molecule has 0 unspecified atom stereocenters. The topological polar surface area (TPSA) is 0 Å². The average molecular weight is 188 g/mol. The Bertz CT molecular complexity index is 264. The number of halogens is 2. The van der Waals surface area contributed by atoms with Crippen LogP contribution in [0.15, 0.2) is 6.07 Å². The lowest BCUT2D eigenvalue weighted by Crippen LogP contribution is -1.93. The number of aryl methyl sites for hydroxylation is 2. The van der Waals surface area contributed by atoms with Crippen LogP contribution in [0.1, 0.15) is 27.8 Å². The fourth-order valence-corrected chi connectivity index (χ4v) is 1.41. The lowest BCUT2D eigenvalue weighted by Gasteiger charge is -2.10.